The SMILES string of the molecule is CNC(=O)c1ccc(N)c(SC)c1. The second-order valence-corrected chi connectivity index (χ2v) is 3.38. The molecular formula is C9H12N2OS. The van der Waals surface area contributed by atoms with E-state index in [9.17, 15) is 4.79 Å². The highest BCUT2D eigenvalue weighted by Gasteiger charge is 2.05. The molecule has 3 N–H and O–H groups in total. The first-order valence-electron chi connectivity index (χ1n) is 3.84. The average Bonchev–Trinajstić information content (AvgIpc) is 2.17. The fourth-order valence-corrected chi connectivity index (χ4v) is 1.55. The van der Waals surface area contributed by atoms with Crippen LogP contribution in [0.4, 0.5) is 5.69 Å². The number of hydrogen-bond donors (Lipinski definition) is 2. The Morgan fingerprint density at radius 1 is 1.54 bits per heavy atom. The second-order valence-electron chi connectivity index (χ2n) is 2.54. The van der Waals surface area contributed by atoms with Gasteiger partial charge in [0.1, 0.15) is 0 Å². The van der Waals surface area contributed by atoms with Crippen molar-refractivity contribution in [3.8, 4) is 0 Å². The zero-order valence-corrected chi connectivity index (χ0v) is 8.44. The third-order valence-electron chi connectivity index (χ3n) is 1.72. The monoisotopic (exact) mass is 196 g/mol. The molecule has 0 saturated carbocycles. The summed E-state index contributed by atoms with van der Waals surface area (Å²) in [6.45, 7) is 0. The third kappa shape index (κ3) is 2.15. The minimum absolute atomic E-state index is 0.0877. The molecule has 3 nitrogen and oxygen atoms in total. The van der Waals surface area contributed by atoms with Crippen LogP contribution in [0.5, 0.6) is 0 Å². The van der Waals surface area contributed by atoms with Crippen LogP contribution in [-0.4, -0.2) is 19.2 Å². The fraction of sp³-hybridized carbons (Fsp3) is 0.222. The molecule has 0 aliphatic carbocycles. The van der Waals surface area contributed by atoms with E-state index in [-0.39, 0.29) is 5.91 Å². The molecule has 70 valence electrons. The van der Waals surface area contributed by atoms with Gasteiger partial charge in [-0.1, -0.05) is 0 Å². The number of nitrogens with two attached hydrogens (primary N) is 1. The number of nitrogen functional groups attached to an aromatic ring is 1. The zero-order chi connectivity index (χ0) is 9.84. The van der Waals surface area contributed by atoms with Crippen molar-refractivity contribution in [1.29, 1.82) is 0 Å². The number of amides is 1. The number of nitrogens with one attached hydrogen (secondary N) is 1. The van der Waals surface area contributed by atoms with Gasteiger partial charge in [-0.3, -0.25) is 4.79 Å². The summed E-state index contributed by atoms with van der Waals surface area (Å²) in [5, 5.41) is 2.56. The first-order chi connectivity index (χ1) is 6.19. The predicted octanol–water partition coefficient (Wildman–Crippen LogP) is 1.35. The highest BCUT2D eigenvalue weighted by Crippen LogP contribution is 2.23. The molecular weight excluding hydrogens is 184 g/mol. The summed E-state index contributed by atoms with van der Waals surface area (Å²) in [5.74, 6) is -0.0877. The van der Waals surface area contributed by atoms with Crippen molar-refractivity contribution in [2.75, 3.05) is 19.0 Å². The highest BCUT2D eigenvalue weighted by molar-refractivity contribution is 7.98. The molecule has 0 fully saturated rings. The van der Waals surface area contributed by atoms with Gasteiger partial charge in [-0.25, -0.2) is 0 Å². The molecule has 13 heavy (non-hydrogen) atoms. The molecule has 0 aromatic heterocycles. The number of rotatable bonds is 2. The Bertz CT molecular complexity index is 325. The van der Waals surface area contributed by atoms with Gasteiger partial charge < -0.3 is 11.1 Å². The van der Waals surface area contributed by atoms with E-state index in [1.54, 1.807) is 25.2 Å². The normalized spacial score (nSPS) is 9.69. The molecule has 0 heterocycles. The van der Waals surface area contributed by atoms with Crippen LogP contribution in [0.1, 0.15) is 10.4 Å². The van der Waals surface area contributed by atoms with E-state index in [0.29, 0.717) is 11.3 Å². The van der Waals surface area contributed by atoms with E-state index >= 15 is 0 Å². The van der Waals surface area contributed by atoms with Crippen molar-refractivity contribution >= 4 is 23.4 Å². The standard InChI is InChI=1S/C9H12N2OS/c1-11-9(12)6-3-4-7(10)8(5-6)13-2/h3-5H,10H2,1-2H3,(H,11,12). The Morgan fingerprint density at radius 3 is 2.77 bits per heavy atom. The van der Waals surface area contributed by atoms with E-state index in [4.69, 9.17) is 5.73 Å². The first-order valence-corrected chi connectivity index (χ1v) is 5.07. The van der Waals surface area contributed by atoms with E-state index < -0.39 is 0 Å². The van der Waals surface area contributed by atoms with Gasteiger partial charge >= 0.3 is 0 Å². The molecule has 4 heteroatoms. The molecule has 1 aromatic rings. The number of carbonyl (C=O) groups excluding carboxylic acids is 1. The lowest BCUT2D eigenvalue weighted by Gasteiger charge is -2.04. The number of anilines is 1. The van der Waals surface area contributed by atoms with Crippen molar-refractivity contribution in [3.05, 3.63) is 23.8 Å². The molecule has 0 saturated heterocycles. The molecule has 0 radical (unpaired) electrons. The van der Waals surface area contributed by atoms with E-state index in [2.05, 4.69) is 5.32 Å². The Morgan fingerprint density at radius 2 is 2.23 bits per heavy atom. The van der Waals surface area contributed by atoms with Gasteiger partial charge in [-0.15, -0.1) is 11.8 Å². The molecule has 0 aliphatic rings. The summed E-state index contributed by atoms with van der Waals surface area (Å²) in [6, 6.07) is 5.25. The smallest absolute Gasteiger partial charge is 0.251 e. The van der Waals surface area contributed by atoms with Gasteiger partial charge in [-0.2, -0.15) is 0 Å². The maximum absolute atomic E-state index is 11.2. The largest absolute Gasteiger partial charge is 0.398 e. The molecule has 0 bridgehead atoms. The summed E-state index contributed by atoms with van der Waals surface area (Å²) in [4.78, 5) is 12.2. The minimum Gasteiger partial charge on any atom is -0.398 e. The molecule has 1 rings (SSSR count). The lowest BCUT2D eigenvalue weighted by Crippen LogP contribution is -2.17. The number of carbonyl (C=O) groups is 1. The van der Waals surface area contributed by atoms with Gasteiger partial charge in [0.15, 0.2) is 0 Å². The van der Waals surface area contributed by atoms with E-state index in [0.717, 1.165) is 4.90 Å². The van der Waals surface area contributed by atoms with Crippen LogP contribution >= 0.6 is 11.8 Å². The van der Waals surface area contributed by atoms with Crippen LogP contribution in [0, 0.1) is 0 Å². The number of thioether (sulfide) groups is 1. The van der Waals surface area contributed by atoms with Crippen LogP contribution in [0.25, 0.3) is 0 Å². The summed E-state index contributed by atoms with van der Waals surface area (Å²) in [5.41, 5.74) is 7.04. The Labute approximate surface area is 81.7 Å². The van der Waals surface area contributed by atoms with Crippen LogP contribution in [0.15, 0.2) is 23.1 Å². The molecule has 1 aromatic carbocycles. The highest BCUT2D eigenvalue weighted by atomic mass is 32.2. The lowest BCUT2D eigenvalue weighted by molar-refractivity contribution is 0.0963. The topological polar surface area (TPSA) is 55.1 Å². The summed E-state index contributed by atoms with van der Waals surface area (Å²) in [6.07, 6.45) is 1.93. The first kappa shape index (κ1) is 9.92. The van der Waals surface area contributed by atoms with E-state index in [1.165, 1.54) is 11.8 Å². The van der Waals surface area contributed by atoms with Crippen molar-refractivity contribution in [3.63, 3.8) is 0 Å². The van der Waals surface area contributed by atoms with Crippen LogP contribution in [0.2, 0.25) is 0 Å². The molecule has 0 spiro atoms. The van der Waals surface area contributed by atoms with Crippen molar-refractivity contribution in [2.24, 2.45) is 0 Å². The Hall–Kier alpha value is -1.16. The maximum Gasteiger partial charge on any atom is 0.251 e. The second kappa shape index (κ2) is 4.18. The zero-order valence-electron chi connectivity index (χ0n) is 7.63. The van der Waals surface area contributed by atoms with E-state index in [1.807, 2.05) is 6.26 Å². The van der Waals surface area contributed by atoms with Crippen molar-refractivity contribution < 1.29 is 4.79 Å². The van der Waals surface area contributed by atoms with Gasteiger partial charge in [-0.05, 0) is 24.5 Å². The average molecular weight is 196 g/mol. The predicted molar refractivity (Wildman–Crippen MR) is 56.0 cm³/mol. The van der Waals surface area contributed by atoms with Gasteiger partial charge in [0.2, 0.25) is 0 Å². The third-order valence-corrected chi connectivity index (χ3v) is 2.52. The van der Waals surface area contributed by atoms with Gasteiger partial charge in [0.25, 0.3) is 5.91 Å². The van der Waals surface area contributed by atoms with Crippen LogP contribution in [-0.2, 0) is 0 Å². The Kier molecular flexibility index (Phi) is 3.19. The van der Waals surface area contributed by atoms with Gasteiger partial charge in [0.05, 0.1) is 0 Å². The number of benzene rings is 1. The Balaban J connectivity index is 3.06. The van der Waals surface area contributed by atoms with Crippen molar-refractivity contribution in [2.45, 2.75) is 4.90 Å². The summed E-state index contributed by atoms with van der Waals surface area (Å²) < 4.78 is 0. The summed E-state index contributed by atoms with van der Waals surface area (Å²) >= 11 is 1.53. The maximum atomic E-state index is 11.2. The van der Waals surface area contributed by atoms with Gasteiger partial charge in [0, 0.05) is 23.2 Å². The molecule has 1 amide bonds. The van der Waals surface area contributed by atoms with Crippen LogP contribution in [0.3, 0.4) is 0 Å². The quantitative estimate of drug-likeness (QED) is 0.554. The lowest BCUT2D eigenvalue weighted by atomic mass is 10.2. The molecule has 0 unspecified atom stereocenters. The number of hydrogen-bond acceptors (Lipinski definition) is 3. The molecule has 0 atom stereocenters. The molecule has 0 aliphatic heterocycles. The summed E-state index contributed by atoms with van der Waals surface area (Å²) in [7, 11) is 1.61. The fourth-order valence-electron chi connectivity index (χ4n) is 0.997. The van der Waals surface area contributed by atoms with Crippen LogP contribution < -0.4 is 11.1 Å². The van der Waals surface area contributed by atoms with Crippen molar-refractivity contribution in [1.82, 2.24) is 5.32 Å². The minimum atomic E-state index is -0.0877.